The maximum Gasteiger partial charge on any atom is 0.435 e. The molecule has 0 radical (unpaired) electrons. The van der Waals surface area contributed by atoms with Crippen LogP contribution in [-0.2, 0) is 12.4 Å². The lowest BCUT2D eigenvalue weighted by Crippen LogP contribution is -2.46. The standard InChI is InChI=1S/C26H28F3IN4O2S.C13H14F3N3.C13H16INO3S.CH4/c1-15-13-17(16(2)34-12-11-21(33-34)26(27,28)29)9-10-20(15)31-23(35)18-7-6-8-19(30)22(18)24(36)32-25(3,4)14-37-5;1-8-7-10(3-4-11(8)17)9(2)19-6-5-12(18-19)13(14,15)16;1-13(2,7-19-3)15-11(16)10-8(12(17)18)5-4-6-9(10)14;/h6-13,16H,14H2,1-5H3,(H,31,35)(H,32,36);3-7,9H,17H2,1-2H3;4-6H,7H2,1-3H3,(H,15,16)(H,17,18);1H4. The summed E-state index contributed by atoms with van der Waals surface area (Å²) < 4.78 is 80.1. The Bertz CT molecular complexity index is 3000. The number of carboxylic acids is 1. The number of amides is 3. The van der Waals surface area contributed by atoms with Crippen LogP contribution in [0.3, 0.4) is 0 Å². The Labute approximate surface area is 475 Å². The molecule has 0 fully saturated rings. The second kappa shape index (κ2) is 27.3. The first-order chi connectivity index (χ1) is 34.8. The number of rotatable bonds is 15. The van der Waals surface area contributed by atoms with Crippen molar-refractivity contribution in [3.8, 4) is 0 Å². The van der Waals surface area contributed by atoms with Gasteiger partial charge in [0, 0.05) is 53.5 Å². The number of carbonyl (C=O) groups excluding carboxylic acids is 3. The molecule has 412 valence electrons. The number of nitrogens with one attached hydrogen (secondary N) is 3. The molecule has 0 saturated heterocycles. The summed E-state index contributed by atoms with van der Waals surface area (Å²) >= 11 is 7.27. The normalized spacial score (nSPS) is 12.4. The minimum atomic E-state index is -4.51. The number of halogens is 8. The number of hydrogen-bond acceptors (Lipinski definition) is 9. The van der Waals surface area contributed by atoms with Crippen molar-refractivity contribution in [2.24, 2.45) is 0 Å². The molecule has 6 aromatic rings. The van der Waals surface area contributed by atoms with E-state index in [1.807, 2.05) is 98.4 Å². The zero-order valence-electron chi connectivity index (χ0n) is 42.6. The fourth-order valence-electron chi connectivity index (χ4n) is 7.36. The number of benzene rings is 4. The monoisotopic (exact) mass is 1320 g/mol. The van der Waals surface area contributed by atoms with E-state index in [0.717, 1.165) is 40.1 Å². The maximum absolute atomic E-state index is 13.3. The summed E-state index contributed by atoms with van der Waals surface area (Å²) in [6.45, 7) is 14.9. The topological polar surface area (TPSA) is 186 Å². The number of anilines is 2. The van der Waals surface area contributed by atoms with Gasteiger partial charge in [0.25, 0.3) is 17.7 Å². The number of aromatic carboxylic acids is 1. The van der Waals surface area contributed by atoms with Gasteiger partial charge in [-0.25, -0.2) is 4.79 Å². The Morgan fingerprint density at radius 2 is 1.05 bits per heavy atom. The second-order valence-electron chi connectivity index (χ2n) is 18.5. The number of aryl methyl sites for hydroxylation is 2. The molecule has 0 aliphatic carbocycles. The Hall–Kier alpha value is -5.28. The molecule has 6 N–H and O–H groups in total. The van der Waals surface area contributed by atoms with Crippen LogP contribution in [0.1, 0.15) is 136 Å². The van der Waals surface area contributed by atoms with Gasteiger partial charge in [0.05, 0.1) is 34.3 Å². The molecule has 76 heavy (non-hydrogen) atoms. The van der Waals surface area contributed by atoms with Crippen molar-refractivity contribution in [3.63, 3.8) is 0 Å². The van der Waals surface area contributed by atoms with Gasteiger partial charge in [-0.1, -0.05) is 43.8 Å². The van der Waals surface area contributed by atoms with Crippen molar-refractivity contribution in [3.05, 3.63) is 160 Å². The average molecular weight is 1320 g/mol. The number of nitrogens with two attached hydrogens (primary N) is 1. The zero-order valence-corrected chi connectivity index (χ0v) is 48.5. The first kappa shape index (κ1) is 65.0. The predicted octanol–water partition coefficient (Wildman–Crippen LogP) is 13.4. The molecule has 0 saturated carbocycles. The maximum atomic E-state index is 13.3. The Morgan fingerprint density at radius 1 is 0.645 bits per heavy atom. The van der Waals surface area contributed by atoms with Gasteiger partial charge in [-0.3, -0.25) is 23.7 Å². The Morgan fingerprint density at radius 3 is 1.43 bits per heavy atom. The molecule has 3 amide bonds. The lowest BCUT2D eigenvalue weighted by Gasteiger charge is -2.26. The van der Waals surface area contributed by atoms with E-state index in [1.54, 1.807) is 105 Å². The molecule has 2 unspecified atom stereocenters. The lowest BCUT2D eigenvalue weighted by molar-refractivity contribution is -0.142. The average Bonchev–Trinajstić information content (AvgIpc) is 4.02. The van der Waals surface area contributed by atoms with Crippen molar-refractivity contribution in [1.82, 2.24) is 30.2 Å². The van der Waals surface area contributed by atoms with E-state index in [2.05, 4.69) is 26.1 Å². The van der Waals surface area contributed by atoms with Crippen LogP contribution in [-0.4, -0.2) is 83.5 Å². The highest BCUT2D eigenvalue weighted by Gasteiger charge is 2.35. The minimum Gasteiger partial charge on any atom is -0.478 e. The molecule has 4 aromatic carbocycles. The first-order valence-corrected chi connectivity index (χ1v) is 27.7. The quantitative estimate of drug-likeness (QED) is 0.0376. The molecule has 2 atom stereocenters. The molecular formula is C53H62F6I2N8O5S2. The van der Waals surface area contributed by atoms with Crippen molar-refractivity contribution in [2.45, 2.75) is 98.3 Å². The van der Waals surface area contributed by atoms with Gasteiger partial charge in [0.1, 0.15) is 0 Å². The number of nitrogens with zero attached hydrogens (tertiary/aromatic N) is 4. The van der Waals surface area contributed by atoms with Crippen molar-refractivity contribution in [1.29, 1.82) is 0 Å². The van der Waals surface area contributed by atoms with Crippen LogP contribution in [0.15, 0.2) is 97.3 Å². The smallest absolute Gasteiger partial charge is 0.435 e. The minimum absolute atomic E-state index is 0. The number of hydrogen-bond donors (Lipinski definition) is 5. The molecule has 0 aliphatic heterocycles. The molecule has 23 heteroatoms. The van der Waals surface area contributed by atoms with Crippen LogP contribution >= 0.6 is 68.7 Å². The van der Waals surface area contributed by atoms with E-state index in [0.29, 0.717) is 29.8 Å². The van der Waals surface area contributed by atoms with Crippen molar-refractivity contribution < 1.29 is 50.6 Å². The number of thioether (sulfide) groups is 2. The van der Waals surface area contributed by atoms with Gasteiger partial charge in [-0.15, -0.1) is 0 Å². The third kappa shape index (κ3) is 17.9. The summed E-state index contributed by atoms with van der Waals surface area (Å²) in [5, 5.41) is 25.1. The van der Waals surface area contributed by atoms with Crippen LogP contribution in [0.2, 0.25) is 0 Å². The third-order valence-electron chi connectivity index (χ3n) is 11.2. The van der Waals surface area contributed by atoms with Crippen molar-refractivity contribution in [2.75, 3.05) is 35.1 Å². The summed E-state index contributed by atoms with van der Waals surface area (Å²) in [5.74, 6) is -0.730. The number of carbonyl (C=O) groups is 4. The van der Waals surface area contributed by atoms with Crippen LogP contribution < -0.4 is 21.7 Å². The summed E-state index contributed by atoms with van der Waals surface area (Å²) in [4.78, 5) is 49.9. The molecule has 6 rings (SSSR count). The summed E-state index contributed by atoms with van der Waals surface area (Å²) in [6.07, 6.45) is -2.38. The van der Waals surface area contributed by atoms with E-state index in [9.17, 15) is 45.5 Å². The molecule has 0 spiro atoms. The van der Waals surface area contributed by atoms with E-state index in [-0.39, 0.29) is 47.5 Å². The lowest BCUT2D eigenvalue weighted by atomic mass is 10.0. The molecule has 0 bridgehead atoms. The largest absolute Gasteiger partial charge is 0.478 e. The van der Waals surface area contributed by atoms with E-state index in [4.69, 9.17) is 10.8 Å². The number of alkyl halides is 6. The second-order valence-corrected chi connectivity index (χ2v) is 22.6. The van der Waals surface area contributed by atoms with Crippen LogP contribution in [0.5, 0.6) is 0 Å². The predicted molar refractivity (Wildman–Crippen MR) is 309 cm³/mol. The summed E-state index contributed by atoms with van der Waals surface area (Å²) in [6, 6.07) is 21.7. The summed E-state index contributed by atoms with van der Waals surface area (Å²) in [5.41, 5.74) is 8.26. The molecule has 0 aliphatic rings. The van der Waals surface area contributed by atoms with Crippen LogP contribution in [0.25, 0.3) is 0 Å². The van der Waals surface area contributed by atoms with E-state index >= 15 is 0 Å². The van der Waals surface area contributed by atoms with Gasteiger partial charge in [-0.2, -0.15) is 60.1 Å². The van der Waals surface area contributed by atoms with Crippen LogP contribution in [0, 0.1) is 21.0 Å². The fourth-order valence-corrected chi connectivity index (χ4v) is 10.4. The van der Waals surface area contributed by atoms with Gasteiger partial charge < -0.3 is 26.8 Å². The van der Waals surface area contributed by atoms with Gasteiger partial charge in [-0.05, 0) is 184 Å². The van der Waals surface area contributed by atoms with Gasteiger partial charge in [0.15, 0.2) is 11.4 Å². The number of carboxylic acid groups (broad SMARTS) is 1. The zero-order chi connectivity index (χ0) is 56.4. The first-order valence-electron chi connectivity index (χ1n) is 22.8. The molecule has 13 nitrogen and oxygen atoms in total. The highest BCUT2D eigenvalue weighted by molar-refractivity contribution is 14.1. The van der Waals surface area contributed by atoms with Gasteiger partial charge in [0.2, 0.25) is 0 Å². The van der Waals surface area contributed by atoms with Gasteiger partial charge >= 0.3 is 18.3 Å². The van der Waals surface area contributed by atoms with E-state index < -0.39 is 47.2 Å². The Kier molecular flexibility index (Phi) is 23.4. The number of aromatic nitrogens is 4. The SMILES string of the molecule is C.CSCC(C)(C)NC(=O)c1c(I)cccc1C(=O)Nc1ccc(C(C)n2ccc(C(F)(F)F)n2)cc1C.CSCC(C)(C)NC(=O)c1c(I)cccc1C(=O)O.Cc1cc(C(C)n2ccc(C(F)(F)F)n2)ccc1N. The van der Waals surface area contributed by atoms with Crippen molar-refractivity contribution >= 4 is 104 Å². The summed E-state index contributed by atoms with van der Waals surface area (Å²) in [7, 11) is 0. The molecule has 2 aromatic heterocycles. The number of nitrogen functional groups attached to an aromatic ring is 1. The highest BCUT2D eigenvalue weighted by Crippen LogP contribution is 2.32. The highest BCUT2D eigenvalue weighted by atomic mass is 127. The fraction of sp³-hybridized carbons (Fsp3) is 0.358. The van der Waals surface area contributed by atoms with E-state index in [1.165, 1.54) is 27.8 Å². The Balaban J connectivity index is 0.000000328. The van der Waals surface area contributed by atoms with Crippen LogP contribution in [0.4, 0.5) is 37.7 Å². The molecular weight excluding hydrogens is 1260 g/mol. The third-order valence-corrected chi connectivity index (χ3v) is 15.0. The molecule has 2 heterocycles.